The molecular formula is C8H11NO. The van der Waals surface area contributed by atoms with Crippen LogP contribution in [0.2, 0.25) is 0 Å². The van der Waals surface area contributed by atoms with Gasteiger partial charge in [0.15, 0.2) is 5.60 Å². The predicted octanol–water partition coefficient (Wildman–Crippen LogP) is 1.06. The van der Waals surface area contributed by atoms with Crippen LogP contribution >= 0.6 is 0 Å². The molecule has 0 aliphatic heterocycles. The van der Waals surface area contributed by atoms with Crippen molar-refractivity contribution in [1.29, 1.82) is 5.26 Å². The molecule has 54 valence electrons. The molecule has 2 saturated carbocycles. The number of rotatable bonds is 2. The molecule has 2 aliphatic rings. The third kappa shape index (κ3) is 0.741. The molecular weight excluding hydrogens is 126 g/mol. The minimum absolute atomic E-state index is 0.310. The first-order valence-electron chi connectivity index (χ1n) is 3.91. The van der Waals surface area contributed by atoms with Crippen LogP contribution in [0.15, 0.2) is 0 Å². The molecule has 0 heterocycles. The minimum atomic E-state index is -0.931. The van der Waals surface area contributed by atoms with Crippen LogP contribution in [0.4, 0.5) is 0 Å². The quantitative estimate of drug-likeness (QED) is 0.578. The van der Waals surface area contributed by atoms with E-state index in [1.165, 1.54) is 0 Å². The Kier molecular flexibility index (Phi) is 1.07. The summed E-state index contributed by atoms with van der Waals surface area (Å²) in [5.41, 5.74) is -0.931. The molecule has 0 aromatic carbocycles. The zero-order valence-electron chi connectivity index (χ0n) is 5.88. The highest BCUT2D eigenvalue weighted by molar-refractivity contribution is 5.16. The molecule has 0 aromatic rings. The fourth-order valence-electron chi connectivity index (χ4n) is 1.56. The Balaban J connectivity index is 2.12. The molecule has 0 atom stereocenters. The van der Waals surface area contributed by atoms with E-state index in [1.54, 1.807) is 0 Å². The Morgan fingerprint density at radius 1 is 1.20 bits per heavy atom. The van der Waals surface area contributed by atoms with Gasteiger partial charge in [0.25, 0.3) is 0 Å². The summed E-state index contributed by atoms with van der Waals surface area (Å²) in [4.78, 5) is 0. The standard InChI is InChI=1S/C8H11NO/c9-5-8(10,6-1-2-6)7-3-4-7/h6-7,10H,1-4H2. The molecule has 0 saturated heterocycles. The lowest BCUT2D eigenvalue weighted by atomic mass is 9.94. The maximum Gasteiger partial charge on any atom is 0.156 e. The van der Waals surface area contributed by atoms with Crippen LogP contribution < -0.4 is 0 Å². The van der Waals surface area contributed by atoms with Gasteiger partial charge in [-0.05, 0) is 25.7 Å². The molecule has 0 bridgehead atoms. The molecule has 0 amide bonds. The first-order chi connectivity index (χ1) is 4.77. The van der Waals surface area contributed by atoms with Crippen LogP contribution in [0.5, 0.6) is 0 Å². The van der Waals surface area contributed by atoms with Crippen molar-refractivity contribution >= 4 is 0 Å². The summed E-state index contributed by atoms with van der Waals surface area (Å²) in [7, 11) is 0. The van der Waals surface area contributed by atoms with Gasteiger partial charge in [-0.15, -0.1) is 0 Å². The van der Waals surface area contributed by atoms with E-state index < -0.39 is 5.60 Å². The smallest absolute Gasteiger partial charge is 0.156 e. The highest BCUT2D eigenvalue weighted by Gasteiger charge is 2.53. The van der Waals surface area contributed by atoms with Crippen LogP contribution in [0.3, 0.4) is 0 Å². The van der Waals surface area contributed by atoms with E-state index in [4.69, 9.17) is 5.26 Å². The van der Waals surface area contributed by atoms with Crippen molar-refractivity contribution in [3.05, 3.63) is 0 Å². The fraction of sp³-hybridized carbons (Fsp3) is 0.875. The summed E-state index contributed by atoms with van der Waals surface area (Å²) in [6, 6.07) is 2.06. The number of hydrogen-bond acceptors (Lipinski definition) is 2. The zero-order chi connectivity index (χ0) is 7.19. The van der Waals surface area contributed by atoms with Crippen molar-refractivity contribution in [2.45, 2.75) is 31.3 Å². The van der Waals surface area contributed by atoms with Crippen molar-refractivity contribution < 1.29 is 5.11 Å². The van der Waals surface area contributed by atoms with Crippen molar-refractivity contribution in [3.63, 3.8) is 0 Å². The second kappa shape index (κ2) is 1.73. The van der Waals surface area contributed by atoms with Gasteiger partial charge in [-0.1, -0.05) is 0 Å². The van der Waals surface area contributed by atoms with Gasteiger partial charge >= 0.3 is 0 Å². The van der Waals surface area contributed by atoms with Crippen molar-refractivity contribution in [2.24, 2.45) is 11.8 Å². The van der Waals surface area contributed by atoms with E-state index in [0.717, 1.165) is 25.7 Å². The highest BCUT2D eigenvalue weighted by atomic mass is 16.3. The summed E-state index contributed by atoms with van der Waals surface area (Å²) in [6.45, 7) is 0. The molecule has 1 N–H and O–H groups in total. The van der Waals surface area contributed by atoms with E-state index in [0.29, 0.717) is 11.8 Å². The number of hydrogen-bond donors (Lipinski definition) is 1. The third-order valence-electron chi connectivity index (χ3n) is 2.58. The fourth-order valence-corrected chi connectivity index (χ4v) is 1.56. The van der Waals surface area contributed by atoms with E-state index >= 15 is 0 Å². The van der Waals surface area contributed by atoms with Gasteiger partial charge in [0, 0.05) is 11.8 Å². The topological polar surface area (TPSA) is 44.0 Å². The monoisotopic (exact) mass is 137 g/mol. The molecule has 2 fully saturated rings. The third-order valence-corrected chi connectivity index (χ3v) is 2.58. The van der Waals surface area contributed by atoms with E-state index in [9.17, 15) is 5.11 Å². The van der Waals surface area contributed by atoms with Gasteiger partial charge in [0.1, 0.15) is 0 Å². The van der Waals surface area contributed by atoms with Gasteiger partial charge in [-0.3, -0.25) is 0 Å². The highest BCUT2D eigenvalue weighted by Crippen LogP contribution is 2.51. The van der Waals surface area contributed by atoms with Gasteiger partial charge in [0.05, 0.1) is 6.07 Å². The Hall–Kier alpha value is -0.550. The average molecular weight is 137 g/mol. The molecule has 2 rings (SSSR count). The number of nitriles is 1. The molecule has 2 aliphatic carbocycles. The SMILES string of the molecule is N#CC(O)(C1CC1)C1CC1. The van der Waals surface area contributed by atoms with Gasteiger partial charge in [-0.25, -0.2) is 0 Å². The molecule has 0 aromatic heterocycles. The Bertz CT molecular complexity index is 174. The first-order valence-corrected chi connectivity index (χ1v) is 3.91. The minimum Gasteiger partial charge on any atom is -0.375 e. The number of nitrogens with zero attached hydrogens (tertiary/aromatic N) is 1. The lowest BCUT2D eigenvalue weighted by Gasteiger charge is -2.17. The second-order valence-corrected chi connectivity index (χ2v) is 3.49. The summed E-state index contributed by atoms with van der Waals surface area (Å²) in [6.07, 6.45) is 4.22. The van der Waals surface area contributed by atoms with E-state index in [-0.39, 0.29) is 0 Å². The summed E-state index contributed by atoms with van der Waals surface area (Å²) >= 11 is 0. The first kappa shape index (κ1) is 6.18. The molecule has 2 heteroatoms. The normalized spacial score (nSPS) is 26.0. The van der Waals surface area contributed by atoms with E-state index in [1.807, 2.05) is 0 Å². The molecule has 0 spiro atoms. The summed E-state index contributed by atoms with van der Waals surface area (Å²) in [5.74, 6) is 0.620. The zero-order valence-corrected chi connectivity index (χ0v) is 5.88. The maximum atomic E-state index is 9.74. The predicted molar refractivity (Wildman–Crippen MR) is 36.0 cm³/mol. The molecule has 0 radical (unpaired) electrons. The van der Waals surface area contributed by atoms with Gasteiger partial charge in [0.2, 0.25) is 0 Å². The molecule has 10 heavy (non-hydrogen) atoms. The Labute approximate surface area is 60.5 Å². The van der Waals surface area contributed by atoms with Crippen molar-refractivity contribution in [2.75, 3.05) is 0 Å². The maximum absolute atomic E-state index is 9.74. The molecule has 0 unspecified atom stereocenters. The van der Waals surface area contributed by atoms with Crippen LogP contribution in [0, 0.1) is 23.2 Å². The Morgan fingerprint density at radius 3 is 1.80 bits per heavy atom. The average Bonchev–Trinajstić information content (AvgIpc) is 2.73. The number of aliphatic hydroxyl groups is 1. The summed E-state index contributed by atoms with van der Waals surface area (Å²) < 4.78 is 0. The van der Waals surface area contributed by atoms with Crippen LogP contribution in [-0.4, -0.2) is 10.7 Å². The van der Waals surface area contributed by atoms with Crippen LogP contribution in [0.25, 0.3) is 0 Å². The van der Waals surface area contributed by atoms with Crippen molar-refractivity contribution in [1.82, 2.24) is 0 Å². The van der Waals surface area contributed by atoms with Gasteiger partial charge < -0.3 is 5.11 Å². The molecule has 2 nitrogen and oxygen atoms in total. The van der Waals surface area contributed by atoms with Crippen molar-refractivity contribution in [3.8, 4) is 6.07 Å². The Morgan fingerprint density at radius 2 is 1.60 bits per heavy atom. The lowest BCUT2D eigenvalue weighted by Crippen LogP contribution is -2.31. The summed E-state index contributed by atoms with van der Waals surface area (Å²) in [5, 5.41) is 18.4. The van der Waals surface area contributed by atoms with E-state index in [2.05, 4.69) is 6.07 Å². The second-order valence-electron chi connectivity index (χ2n) is 3.49. The lowest BCUT2D eigenvalue weighted by molar-refractivity contribution is 0.0525. The van der Waals surface area contributed by atoms with Crippen LogP contribution in [-0.2, 0) is 0 Å². The van der Waals surface area contributed by atoms with Gasteiger partial charge in [-0.2, -0.15) is 5.26 Å². The van der Waals surface area contributed by atoms with Crippen LogP contribution in [0.1, 0.15) is 25.7 Å². The largest absolute Gasteiger partial charge is 0.375 e.